The van der Waals surface area contributed by atoms with Gasteiger partial charge in [0.1, 0.15) is 5.75 Å². The van der Waals surface area contributed by atoms with Crippen LogP contribution in [-0.2, 0) is 7.05 Å². The summed E-state index contributed by atoms with van der Waals surface area (Å²) in [5, 5.41) is 0.920. The average molecular weight is 313 g/mol. The Morgan fingerprint density at radius 3 is 2.64 bits per heavy atom. The van der Waals surface area contributed by atoms with Crippen molar-refractivity contribution < 1.29 is 9.53 Å². The number of ketones is 1. The third-order valence-corrected chi connectivity index (χ3v) is 4.88. The lowest BCUT2D eigenvalue weighted by Gasteiger charge is -2.08. The molecule has 0 saturated carbocycles. The van der Waals surface area contributed by atoms with E-state index in [1.807, 2.05) is 18.2 Å². The minimum absolute atomic E-state index is 0.0367. The topological polar surface area (TPSA) is 48.3 Å². The van der Waals surface area contributed by atoms with E-state index >= 15 is 0 Å². The van der Waals surface area contributed by atoms with Gasteiger partial charge in [0.05, 0.1) is 12.0 Å². The number of hydrogen-bond donors (Lipinski definition) is 0. The first-order valence-corrected chi connectivity index (χ1v) is 7.61. The van der Waals surface area contributed by atoms with Gasteiger partial charge in [-0.15, -0.1) is 11.3 Å². The fourth-order valence-corrected chi connectivity index (χ4v) is 3.54. The van der Waals surface area contributed by atoms with Crippen LogP contribution in [0.1, 0.15) is 16.6 Å². The Bertz CT molecular complexity index is 937. The molecule has 0 spiro atoms. The summed E-state index contributed by atoms with van der Waals surface area (Å²) in [5.74, 6) is 0.780. The second-order valence-corrected chi connectivity index (χ2v) is 6.14. The monoisotopic (exact) mass is 313 g/mol. The van der Waals surface area contributed by atoms with E-state index in [0.717, 1.165) is 27.0 Å². The molecule has 0 amide bonds. The molecule has 0 atom stereocenters. The van der Waals surface area contributed by atoms with Crippen molar-refractivity contribution in [1.29, 1.82) is 0 Å². The second kappa shape index (κ2) is 5.42. The predicted octanol–water partition coefficient (Wildman–Crippen LogP) is 3.48. The van der Waals surface area contributed by atoms with Crippen molar-refractivity contribution in [3.8, 4) is 16.9 Å². The third-order valence-electron chi connectivity index (χ3n) is 3.61. The fraction of sp³-hybridized carbons (Fsp3) is 0.176. The van der Waals surface area contributed by atoms with Crippen LogP contribution in [0, 0.1) is 0 Å². The van der Waals surface area contributed by atoms with Gasteiger partial charge in [0.15, 0.2) is 5.78 Å². The maximum absolute atomic E-state index is 11.7. The van der Waals surface area contributed by atoms with Crippen molar-refractivity contribution in [2.75, 3.05) is 7.11 Å². The summed E-state index contributed by atoms with van der Waals surface area (Å²) < 4.78 is 7.93. The van der Waals surface area contributed by atoms with Crippen molar-refractivity contribution in [2.24, 2.45) is 7.05 Å². The number of methoxy groups -OCH3 is 1. The zero-order valence-corrected chi connectivity index (χ0v) is 13.4. The summed E-state index contributed by atoms with van der Waals surface area (Å²) in [4.78, 5) is 23.9. The maximum Gasteiger partial charge on any atom is 0.250 e. The molecule has 0 fully saturated rings. The minimum atomic E-state index is -0.0517. The summed E-state index contributed by atoms with van der Waals surface area (Å²) in [6.45, 7) is 1.56. The Morgan fingerprint density at radius 2 is 2.00 bits per heavy atom. The number of nitrogens with zero attached hydrogens (tertiary/aromatic N) is 1. The number of rotatable bonds is 3. The van der Waals surface area contributed by atoms with E-state index < -0.39 is 0 Å². The number of fused-ring (bicyclic) bond motifs is 1. The summed E-state index contributed by atoms with van der Waals surface area (Å²) >= 11 is 1.45. The average Bonchev–Trinajstić information content (AvgIpc) is 2.94. The second-order valence-electron chi connectivity index (χ2n) is 5.09. The zero-order chi connectivity index (χ0) is 15.9. The molecule has 0 N–H and O–H groups in total. The van der Waals surface area contributed by atoms with Crippen molar-refractivity contribution in [2.45, 2.75) is 6.92 Å². The minimum Gasteiger partial charge on any atom is -0.496 e. The number of thiophene rings is 1. The standard InChI is InChI=1S/C17H15NO3S/c1-10(19)15-8-13-14(21-3)6-5-12(17(13)22-15)11-4-7-16(20)18(2)9-11/h4-9H,1-3H3. The number of aryl methyl sites for hydroxylation is 1. The molecule has 3 rings (SSSR count). The van der Waals surface area contributed by atoms with E-state index in [4.69, 9.17) is 4.74 Å². The van der Waals surface area contributed by atoms with Gasteiger partial charge in [-0.25, -0.2) is 0 Å². The van der Waals surface area contributed by atoms with Crippen molar-refractivity contribution in [3.05, 3.63) is 51.8 Å². The molecule has 5 heteroatoms. The molecule has 0 saturated heterocycles. The van der Waals surface area contributed by atoms with Crippen LogP contribution in [-0.4, -0.2) is 17.5 Å². The first-order valence-electron chi connectivity index (χ1n) is 6.80. The van der Waals surface area contributed by atoms with Gasteiger partial charge >= 0.3 is 0 Å². The molecule has 0 unspecified atom stereocenters. The van der Waals surface area contributed by atoms with Crippen LogP contribution in [0.25, 0.3) is 21.2 Å². The smallest absolute Gasteiger partial charge is 0.250 e. The van der Waals surface area contributed by atoms with Crippen LogP contribution in [0.15, 0.2) is 41.3 Å². The summed E-state index contributed by atoms with van der Waals surface area (Å²) in [6.07, 6.45) is 1.80. The van der Waals surface area contributed by atoms with Crippen molar-refractivity contribution >= 4 is 27.2 Å². The molecule has 0 bridgehead atoms. The zero-order valence-electron chi connectivity index (χ0n) is 12.5. The number of hydrogen-bond acceptors (Lipinski definition) is 4. The van der Waals surface area contributed by atoms with Gasteiger partial charge in [0.2, 0.25) is 5.56 Å². The molecule has 0 aliphatic carbocycles. The number of pyridine rings is 1. The van der Waals surface area contributed by atoms with Gasteiger partial charge in [-0.2, -0.15) is 0 Å². The van der Waals surface area contributed by atoms with E-state index in [-0.39, 0.29) is 11.3 Å². The van der Waals surface area contributed by atoms with E-state index in [9.17, 15) is 9.59 Å². The number of aromatic nitrogens is 1. The fourth-order valence-electron chi connectivity index (χ4n) is 2.43. The predicted molar refractivity (Wildman–Crippen MR) is 89.1 cm³/mol. The Labute approximate surface area is 131 Å². The third kappa shape index (κ3) is 2.33. The highest BCUT2D eigenvalue weighted by Gasteiger charge is 2.14. The number of carbonyl (C=O) groups is 1. The highest BCUT2D eigenvalue weighted by atomic mass is 32.1. The molecular weight excluding hydrogens is 298 g/mol. The highest BCUT2D eigenvalue weighted by molar-refractivity contribution is 7.21. The van der Waals surface area contributed by atoms with Crippen LogP contribution < -0.4 is 10.3 Å². The Morgan fingerprint density at radius 1 is 1.23 bits per heavy atom. The largest absolute Gasteiger partial charge is 0.496 e. The van der Waals surface area contributed by atoms with Crippen LogP contribution in [0.5, 0.6) is 5.75 Å². The highest BCUT2D eigenvalue weighted by Crippen LogP contribution is 2.39. The summed E-state index contributed by atoms with van der Waals surface area (Å²) in [5.41, 5.74) is 1.87. The molecular formula is C17H15NO3S. The maximum atomic E-state index is 11.7. The molecule has 112 valence electrons. The molecule has 22 heavy (non-hydrogen) atoms. The van der Waals surface area contributed by atoms with Gasteiger partial charge in [0, 0.05) is 35.0 Å². The lowest BCUT2D eigenvalue weighted by Crippen LogP contribution is -2.13. The number of carbonyl (C=O) groups excluding carboxylic acids is 1. The van der Waals surface area contributed by atoms with Crippen LogP contribution in [0.3, 0.4) is 0 Å². The molecule has 0 aliphatic rings. The Kier molecular flexibility index (Phi) is 3.58. The molecule has 2 heterocycles. The first kappa shape index (κ1) is 14.5. The van der Waals surface area contributed by atoms with Gasteiger partial charge in [-0.3, -0.25) is 9.59 Å². The van der Waals surface area contributed by atoms with Crippen LogP contribution in [0.2, 0.25) is 0 Å². The molecule has 0 aliphatic heterocycles. The number of benzene rings is 1. The number of ether oxygens (including phenoxy) is 1. The van der Waals surface area contributed by atoms with Gasteiger partial charge in [-0.1, -0.05) is 0 Å². The number of Topliss-reactive ketones (excluding diaryl/α,β-unsaturated/α-hetero) is 1. The Hall–Kier alpha value is -2.40. The van der Waals surface area contributed by atoms with E-state index in [0.29, 0.717) is 4.88 Å². The van der Waals surface area contributed by atoms with E-state index in [1.165, 1.54) is 11.3 Å². The summed E-state index contributed by atoms with van der Waals surface area (Å²) in [6, 6.07) is 9.06. The van der Waals surface area contributed by atoms with Crippen LogP contribution >= 0.6 is 11.3 Å². The summed E-state index contributed by atoms with van der Waals surface area (Å²) in [7, 11) is 3.34. The van der Waals surface area contributed by atoms with Gasteiger partial charge < -0.3 is 9.30 Å². The molecule has 2 aromatic heterocycles. The van der Waals surface area contributed by atoms with E-state index in [2.05, 4.69) is 0 Å². The quantitative estimate of drug-likeness (QED) is 0.696. The SMILES string of the molecule is COc1ccc(-c2ccc(=O)n(C)c2)c2sc(C(C)=O)cc12. The normalized spacial score (nSPS) is 10.9. The molecule has 1 aromatic carbocycles. The van der Waals surface area contributed by atoms with Crippen molar-refractivity contribution in [3.63, 3.8) is 0 Å². The first-order chi connectivity index (χ1) is 10.5. The van der Waals surface area contributed by atoms with Gasteiger partial charge in [-0.05, 0) is 36.8 Å². The lowest BCUT2D eigenvalue weighted by molar-refractivity contribution is 0.102. The van der Waals surface area contributed by atoms with E-state index in [1.54, 1.807) is 44.0 Å². The Balaban J connectivity index is 2.31. The molecule has 4 nitrogen and oxygen atoms in total. The van der Waals surface area contributed by atoms with Crippen LogP contribution in [0.4, 0.5) is 0 Å². The van der Waals surface area contributed by atoms with Gasteiger partial charge in [0.25, 0.3) is 0 Å². The lowest BCUT2D eigenvalue weighted by atomic mass is 10.0. The van der Waals surface area contributed by atoms with Crippen molar-refractivity contribution in [1.82, 2.24) is 4.57 Å². The molecule has 3 aromatic rings. The molecule has 0 radical (unpaired) electrons.